The Balaban J connectivity index is 1.49. The molecule has 12 nitrogen and oxygen atoms in total. The van der Waals surface area contributed by atoms with Crippen molar-refractivity contribution in [3.63, 3.8) is 0 Å². The van der Waals surface area contributed by atoms with E-state index >= 15 is 0 Å². The number of benzene rings is 8. The normalized spacial score (nSPS) is 12.9. The molecule has 16 heteroatoms. The predicted molar refractivity (Wildman–Crippen MR) is 219 cm³/mol. The largest absolute Gasteiger partial charge is 0.356 e. The van der Waals surface area contributed by atoms with E-state index in [1.54, 1.807) is 48.5 Å². The van der Waals surface area contributed by atoms with Crippen LogP contribution in [-0.4, -0.2) is 39.1 Å². The summed E-state index contributed by atoms with van der Waals surface area (Å²) in [7, 11) is -18.2. The molecular weight excluding hydrogens is 796 g/mol. The van der Waals surface area contributed by atoms with Gasteiger partial charge in [0.1, 0.15) is 0 Å². The van der Waals surface area contributed by atoms with Crippen LogP contribution in [0, 0.1) is 0 Å². The van der Waals surface area contributed by atoms with Crippen molar-refractivity contribution in [2.45, 2.75) is 0 Å². The zero-order valence-electron chi connectivity index (χ0n) is 28.7. The maximum atomic E-state index is 12.1. The van der Waals surface area contributed by atoms with Crippen molar-refractivity contribution < 1.29 is 57.4 Å². The van der Waals surface area contributed by atoms with Crippen molar-refractivity contribution >= 4 is 83.9 Å². The Bertz CT molecular complexity index is 2630. The summed E-state index contributed by atoms with van der Waals surface area (Å²) in [5, 5.41) is 4.03. The standard InChI is InChI=1S/C40H30O12P4/c41-53(42,43)27-9-1-23(2-10-27)35-21-36(24-3-11-28(12-4-24)54(44,45)46)32-19-20-34-38(26-7-15-30(16-8-26)56(50,51)52)22-37(33-18-17-31(35)39(32)40(33)34)25-5-13-29(14-6-25)55(47,48)49/h1-22H,(H2,41,42,43)(H2,44,45,46)(H2,47,48,49)(H2,50,51,52). The van der Waals surface area contributed by atoms with E-state index in [4.69, 9.17) is 0 Å². The molecule has 0 aliphatic heterocycles. The van der Waals surface area contributed by atoms with Crippen LogP contribution in [0.5, 0.6) is 0 Å². The Morgan fingerprint density at radius 1 is 0.268 bits per heavy atom. The first-order chi connectivity index (χ1) is 26.3. The van der Waals surface area contributed by atoms with Crippen LogP contribution in [0.3, 0.4) is 0 Å². The van der Waals surface area contributed by atoms with Gasteiger partial charge in [-0.2, -0.15) is 0 Å². The predicted octanol–water partition coefficient (Wildman–Crippen LogP) is 6.46. The van der Waals surface area contributed by atoms with Crippen molar-refractivity contribution in [2.75, 3.05) is 0 Å². The van der Waals surface area contributed by atoms with Gasteiger partial charge in [-0.25, -0.2) is 0 Å². The van der Waals surface area contributed by atoms with Gasteiger partial charge in [-0.05, 0) is 137 Å². The minimum Gasteiger partial charge on any atom is -0.321 e. The molecule has 0 saturated heterocycles. The van der Waals surface area contributed by atoms with E-state index in [0.717, 1.165) is 32.3 Å². The molecule has 0 bridgehead atoms. The maximum absolute atomic E-state index is 12.1. The number of rotatable bonds is 8. The average molecular weight is 827 g/mol. The van der Waals surface area contributed by atoms with Gasteiger partial charge in [0.25, 0.3) is 0 Å². The third-order valence-electron chi connectivity index (χ3n) is 9.96. The van der Waals surface area contributed by atoms with Gasteiger partial charge >= 0.3 is 30.4 Å². The Labute approximate surface area is 318 Å². The average Bonchev–Trinajstić information content (AvgIpc) is 3.15. The second kappa shape index (κ2) is 13.5. The van der Waals surface area contributed by atoms with E-state index in [-0.39, 0.29) is 21.2 Å². The van der Waals surface area contributed by atoms with Crippen molar-refractivity contribution in [3.8, 4) is 44.5 Å². The highest BCUT2D eigenvalue weighted by Crippen LogP contribution is 2.49. The second-order valence-electron chi connectivity index (χ2n) is 13.4. The lowest BCUT2D eigenvalue weighted by atomic mass is 9.82. The van der Waals surface area contributed by atoms with Gasteiger partial charge in [0.05, 0.1) is 21.2 Å². The van der Waals surface area contributed by atoms with Crippen LogP contribution in [0.2, 0.25) is 0 Å². The molecule has 0 aliphatic rings. The maximum Gasteiger partial charge on any atom is 0.356 e. The molecular formula is C40H30O12P4. The van der Waals surface area contributed by atoms with Gasteiger partial charge in [0, 0.05) is 0 Å². The summed E-state index contributed by atoms with van der Waals surface area (Å²) in [4.78, 5) is 78.5. The monoisotopic (exact) mass is 826 g/mol. The molecule has 0 aliphatic carbocycles. The Morgan fingerprint density at radius 3 is 0.607 bits per heavy atom. The summed E-state index contributed by atoms with van der Waals surface area (Å²) >= 11 is 0. The zero-order valence-corrected chi connectivity index (χ0v) is 32.3. The van der Waals surface area contributed by atoms with Gasteiger partial charge in [-0.15, -0.1) is 0 Å². The van der Waals surface area contributed by atoms with Gasteiger partial charge in [0.2, 0.25) is 0 Å². The third kappa shape index (κ3) is 6.91. The summed E-state index contributed by atoms with van der Waals surface area (Å²) in [6, 6.07) is 35.4. The molecule has 282 valence electrons. The molecule has 0 heterocycles. The second-order valence-corrected chi connectivity index (χ2v) is 19.8. The quantitative estimate of drug-likeness (QED) is 0.0610. The lowest BCUT2D eigenvalue weighted by Gasteiger charge is -2.22. The molecule has 8 N–H and O–H groups in total. The highest BCUT2D eigenvalue weighted by atomic mass is 31.2. The summed E-state index contributed by atoms with van der Waals surface area (Å²) in [6.45, 7) is 0. The van der Waals surface area contributed by atoms with Crippen LogP contribution in [0.1, 0.15) is 0 Å². The lowest BCUT2D eigenvalue weighted by molar-refractivity contribution is 0.385. The first kappa shape index (κ1) is 38.3. The summed E-state index contributed by atoms with van der Waals surface area (Å²) in [5.41, 5.74) is 5.32. The minimum atomic E-state index is -4.55. The van der Waals surface area contributed by atoms with Crippen LogP contribution >= 0.6 is 30.4 Å². The zero-order chi connectivity index (χ0) is 39.9. The smallest absolute Gasteiger partial charge is 0.321 e. The van der Waals surface area contributed by atoms with Crippen molar-refractivity contribution in [1.82, 2.24) is 0 Å². The molecule has 0 aromatic heterocycles. The van der Waals surface area contributed by atoms with Gasteiger partial charge < -0.3 is 39.1 Å². The molecule has 0 fully saturated rings. The highest BCUT2D eigenvalue weighted by molar-refractivity contribution is 7.61. The molecule has 0 amide bonds. The molecule has 0 saturated carbocycles. The highest BCUT2D eigenvalue weighted by Gasteiger charge is 2.24. The molecule has 0 atom stereocenters. The fourth-order valence-corrected chi connectivity index (χ4v) is 9.44. The molecule has 8 aromatic carbocycles. The van der Waals surface area contributed by atoms with Crippen molar-refractivity contribution in [1.29, 1.82) is 0 Å². The van der Waals surface area contributed by atoms with Gasteiger partial charge in [-0.3, -0.25) is 18.3 Å². The van der Waals surface area contributed by atoms with E-state index in [9.17, 15) is 57.4 Å². The topological polar surface area (TPSA) is 230 Å². The summed E-state index contributed by atoms with van der Waals surface area (Å²) in [6.07, 6.45) is 0. The molecule has 8 rings (SSSR count). The summed E-state index contributed by atoms with van der Waals surface area (Å²) < 4.78 is 48.2. The Kier molecular flexibility index (Phi) is 9.24. The minimum absolute atomic E-state index is 0.156. The number of hydrogen-bond acceptors (Lipinski definition) is 4. The van der Waals surface area contributed by atoms with E-state index in [0.29, 0.717) is 44.5 Å². The first-order valence-corrected chi connectivity index (χ1v) is 23.2. The van der Waals surface area contributed by atoms with E-state index in [1.165, 1.54) is 48.5 Å². The molecule has 0 unspecified atom stereocenters. The lowest BCUT2D eigenvalue weighted by Crippen LogP contribution is -2.03. The van der Waals surface area contributed by atoms with Crippen LogP contribution in [-0.2, 0) is 18.3 Å². The van der Waals surface area contributed by atoms with Crippen LogP contribution in [0.25, 0.3) is 76.8 Å². The van der Waals surface area contributed by atoms with E-state index in [1.807, 2.05) is 36.4 Å². The van der Waals surface area contributed by atoms with E-state index in [2.05, 4.69) is 0 Å². The van der Waals surface area contributed by atoms with Crippen LogP contribution in [0.4, 0.5) is 0 Å². The third-order valence-corrected chi connectivity index (χ3v) is 13.8. The number of hydrogen-bond donors (Lipinski definition) is 8. The Hall–Kier alpha value is -4.60. The van der Waals surface area contributed by atoms with E-state index < -0.39 is 30.4 Å². The van der Waals surface area contributed by atoms with Gasteiger partial charge in [0.15, 0.2) is 0 Å². The molecule has 0 spiro atoms. The fourth-order valence-electron chi connectivity index (χ4n) is 7.29. The molecule has 0 radical (unpaired) electrons. The SMILES string of the molecule is O=P(O)(O)c1ccc(-c2cc(-c3ccc(P(=O)(O)O)cc3)c3ccc4c(-c5ccc(P(=O)(O)O)cc5)cc(-c5ccc(P(=O)(O)O)cc5)c5ccc2c3c54)cc1. The van der Waals surface area contributed by atoms with Crippen molar-refractivity contribution in [2.24, 2.45) is 0 Å². The molecule has 56 heavy (non-hydrogen) atoms. The first-order valence-electron chi connectivity index (χ1n) is 16.7. The fraction of sp³-hybridized carbons (Fsp3) is 0. The summed E-state index contributed by atoms with van der Waals surface area (Å²) in [5.74, 6) is 0. The van der Waals surface area contributed by atoms with Crippen LogP contribution < -0.4 is 21.2 Å². The molecule has 8 aromatic rings. The van der Waals surface area contributed by atoms with Gasteiger partial charge in [-0.1, -0.05) is 72.8 Å². The van der Waals surface area contributed by atoms with Crippen LogP contribution in [0.15, 0.2) is 133 Å². The Morgan fingerprint density at radius 2 is 0.446 bits per heavy atom. The van der Waals surface area contributed by atoms with Crippen molar-refractivity contribution in [3.05, 3.63) is 133 Å².